The number of benzene rings is 2. The summed E-state index contributed by atoms with van der Waals surface area (Å²) in [6.07, 6.45) is -0.896. The van der Waals surface area contributed by atoms with Crippen molar-refractivity contribution in [3.8, 4) is 0 Å². The van der Waals surface area contributed by atoms with Gasteiger partial charge in [0.15, 0.2) is 0 Å². The van der Waals surface area contributed by atoms with Crippen LogP contribution in [0.1, 0.15) is 124 Å². The van der Waals surface area contributed by atoms with Crippen molar-refractivity contribution in [2.24, 2.45) is 0 Å². The van der Waals surface area contributed by atoms with E-state index in [1.54, 1.807) is 0 Å². The molecule has 0 saturated carbocycles. The molecule has 0 aliphatic carbocycles. The molecule has 0 amide bonds. The summed E-state index contributed by atoms with van der Waals surface area (Å²) in [7, 11) is -4.78. The van der Waals surface area contributed by atoms with Crippen molar-refractivity contribution in [3.05, 3.63) is 69.8 Å². The van der Waals surface area contributed by atoms with Gasteiger partial charge in [-0.1, -0.05) is 119 Å². The fourth-order valence-electron chi connectivity index (χ4n) is 3.79. The van der Waals surface area contributed by atoms with Crippen LogP contribution in [0, 0.1) is 0 Å². The second-order valence-electron chi connectivity index (χ2n) is 13.7. The normalized spacial score (nSPS) is 13.7. The van der Waals surface area contributed by atoms with Gasteiger partial charge in [0.25, 0.3) is 0 Å². The van der Waals surface area contributed by atoms with Gasteiger partial charge in [-0.3, -0.25) is 4.52 Å². The minimum Gasteiger partial charge on any atom is -1.00 e. The molecule has 2 aromatic rings. The van der Waals surface area contributed by atoms with E-state index in [2.05, 4.69) is 95.2 Å². The molecule has 0 heterocycles. The average Bonchev–Trinajstić information content (AvgIpc) is 2.62. The van der Waals surface area contributed by atoms with Gasteiger partial charge in [0, 0.05) is 0 Å². The van der Waals surface area contributed by atoms with Gasteiger partial charge in [0.2, 0.25) is 0 Å². The maximum atomic E-state index is 12.2. The molecule has 0 bridgehead atoms. The van der Waals surface area contributed by atoms with E-state index in [4.69, 9.17) is 4.52 Å². The molecule has 0 aliphatic heterocycles. The molecular weight excluding hydrogens is 482 g/mol. The molecule has 0 atom stereocenters. The van der Waals surface area contributed by atoms with Crippen molar-refractivity contribution >= 4 is 7.82 Å². The molecule has 0 aliphatic rings. The van der Waals surface area contributed by atoms with Crippen molar-refractivity contribution in [2.45, 2.75) is 111 Å². The third-order valence-corrected chi connectivity index (χ3v) is 6.71. The Morgan fingerprint density at radius 2 is 0.829 bits per heavy atom. The van der Waals surface area contributed by atoms with Crippen LogP contribution in [0.3, 0.4) is 0 Å². The van der Waals surface area contributed by atoms with E-state index >= 15 is 0 Å². The van der Waals surface area contributed by atoms with Crippen LogP contribution in [0.15, 0.2) is 36.4 Å². The van der Waals surface area contributed by atoms with Gasteiger partial charge in [-0.25, -0.2) is 4.57 Å². The quantitative estimate of drug-likeness (QED) is 0.423. The van der Waals surface area contributed by atoms with E-state index in [0.717, 1.165) is 33.4 Å². The van der Waals surface area contributed by atoms with Gasteiger partial charge in [0.05, 0.1) is 0 Å². The number of phosphoric acid groups is 1. The molecule has 0 unspecified atom stereocenters. The Hall–Kier alpha value is 0.186. The molecule has 192 valence electrons. The first-order valence-electron chi connectivity index (χ1n) is 12.0. The Balaban J connectivity index is 0.00000612. The Labute approximate surface area is 257 Å². The standard InChI is InChI=1S/C29H45O4P.K.H/c1-26(2,3)21-13-19(14-22(17-21)27(4,5)6)25(33-34(30,31)32)20-15-23(28(7,8)9)18-24(16-20)29(10,11)12;;/h13-18,25H,1-12H3,(H2,30,31,32);;/q;+1;-1. The van der Waals surface area contributed by atoms with E-state index in [-0.39, 0.29) is 74.5 Å². The Bertz CT molecular complexity index is 940. The summed E-state index contributed by atoms with van der Waals surface area (Å²) in [5.74, 6) is 0. The van der Waals surface area contributed by atoms with E-state index in [1.807, 2.05) is 24.3 Å². The largest absolute Gasteiger partial charge is 1.00 e. The summed E-state index contributed by atoms with van der Waals surface area (Å²) in [6.45, 7) is 25.8. The molecule has 0 radical (unpaired) electrons. The van der Waals surface area contributed by atoms with E-state index in [0.29, 0.717) is 0 Å². The Kier molecular flexibility index (Phi) is 10.6. The SMILES string of the molecule is CC(C)(C)c1cc(C(OP(=O)(O)O)c2cc(C(C)(C)C)cc(C(C)(C)C)c2)cc(C(C)(C)C)c1.[H-].[K+]. The van der Waals surface area contributed by atoms with Crippen LogP contribution in [-0.4, -0.2) is 9.79 Å². The number of phosphoric ester groups is 1. The van der Waals surface area contributed by atoms with Crippen molar-refractivity contribution in [1.29, 1.82) is 0 Å². The molecule has 2 rings (SSSR count). The minimum atomic E-state index is -4.78. The molecule has 0 aromatic heterocycles. The van der Waals surface area contributed by atoms with Gasteiger partial charge in [-0.05, 0) is 55.0 Å². The van der Waals surface area contributed by atoms with Crippen molar-refractivity contribution < 1.29 is 71.7 Å². The van der Waals surface area contributed by atoms with Crippen molar-refractivity contribution in [3.63, 3.8) is 0 Å². The predicted molar refractivity (Wildman–Crippen MR) is 144 cm³/mol. The van der Waals surface area contributed by atoms with Gasteiger partial charge < -0.3 is 11.2 Å². The van der Waals surface area contributed by atoms with Crippen LogP contribution in [0.2, 0.25) is 0 Å². The molecule has 35 heavy (non-hydrogen) atoms. The number of rotatable bonds is 4. The molecule has 0 saturated heterocycles. The summed E-state index contributed by atoms with van der Waals surface area (Å²) >= 11 is 0. The Morgan fingerprint density at radius 3 is 1.00 bits per heavy atom. The third kappa shape index (κ3) is 9.46. The maximum Gasteiger partial charge on any atom is 1.00 e. The summed E-state index contributed by atoms with van der Waals surface area (Å²) in [6, 6.07) is 12.5. The average molecular weight is 529 g/mol. The predicted octanol–water partition coefficient (Wildman–Crippen LogP) is 5.19. The van der Waals surface area contributed by atoms with E-state index < -0.39 is 13.9 Å². The van der Waals surface area contributed by atoms with Crippen LogP contribution in [0.25, 0.3) is 0 Å². The van der Waals surface area contributed by atoms with Gasteiger partial charge in [-0.2, -0.15) is 0 Å². The molecule has 0 fully saturated rings. The molecule has 0 spiro atoms. The Morgan fingerprint density at radius 1 is 0.600 bits per heavy atom. The van der Waals surface area contributed by atoms with Gasteiger partial charge in [-0.15, -0.1) is 0 Å². The van der Waals surface area contributed by atoms with Crippen LogP contribution in [-0.2, 0) is 30.7 Å². The summed E-state index contributed by atoms with van der Waals surface area (Å²) < 4.78 is 17.7. The zero-order chi connectivity index (χ0) is 26.5. The zero-order valence-electron chi connectivity index (χ0n) is 25.2. The fraction of sp³-hybridized carbons (Fsp3) is 0.586. The molecule has 6 heteroatoms. The smallest absolute Gasteiger partial charge is 1.00 e. The van der Waals surface area contributed by atoms with Crippen LogP contribution < -0.4 is 51.4 Å². The summed E-state index contributed by atoms with van der Waals surface area (Å²) in [5, 5.41) is 0. The molecule has 2 N–H and O–H groups in total. The van der Waals surface area contributed by atoms with E-state index in [9.17, 15) is 14.4 Å². The fourth-order valence-corrected chi connectivity index (χ4v) is 4.31. The molecular formula is C29H46KO4P. The van der Waals surface area contributed by atoms with Crippen molar-refractivity contribution in [2.75, 3.05) is 0 Å². The first-order chi connectivity index (χ1) is 15.0. The maximum absolute atomic E-state index is 12.2. The van der Waals surface area contributed by atoms with Crippen LogP contribution >= 0.6 is 7.82 Å². The third-order valence-electron chi connectivity index (χ3n) is 6.22. The summed E-state index contributed by atoms with van der Waals surface area (Å²) in [4.78, 5) is 19.8. The number of hydrogen-bond acceptors (Lipinski definition) is 2. The van der Waals surface area contributed by atoms with Crippen LogP contribution in [0.4, 0.5) is 0 Å². The zero-order valence-corrected chi connectivity index (χ0v) is 28.2. The molecule has 2 aromatic carbocycles. The second-order valence-corrected chi connectivity index (χ2v) is 14.9. The second kappa shape index (κ2) is 11.1. The first kappa shape index (κ1) is 33.2. The van der Waals surface area contributed by atoms with Gasteiger partial charge in [0.1, 0.15) is 6.10 Å². The molecule has 4 nitrogen and oxygen atoms in total. The monoisotopic (exact) mass is 528 g/mol. The van der Waals surface area contributed by atoms with E-state index in [1.165, 1.54) is 0 Å². The topological polar surface area (TPSA) is 66.8 Å². The number of hydrogen-bond donors (Lipinski definition) is 2. The summed E-state index contributed by atoms with van der Waals surface area (Å²) in [5.41, 5.74) is 5.42. The first-order valence-corrected chi connectivity index (χ1v) is 13.6. The van der Waals surface area contributed by atoms with Gasteiger partial charge >= 0.3 is 59.2 Å². The van der Waals surface area contributed by atoms with Crippen LogP contribution in [0.5, 0.6) is 0 Å². The van der Waals surface area contributed by atoms with Crippen molar-refractivity contribution in [1.82, 2.24) is 0 Å². The minimum absolute atomic E-state index is 0.